The van der Waals surface area contributed by atoms with E-state index in [9.17, 15) is 9.90 Å². The molecule has 2 atom stereocenters. The number of carbonyl (C=O) groups is 1. The summed E-state index contributed by atoms with van der Waals surface area (Å²) in [5.74, 6) is 1.09. The predicted molar refractivity (Wildman–Crippen MR) is 141 cm³/mol. The van der Waals surface area contributed by atoms with E-state index in [4.69, 9.17) is 4.74 Å². The molecule has 1 aromatic rings. The first kappa shape index (κ1) is 24.8. The van der Waals surface area contributed by atoms with Crippen LogP contribution < -0.4 is 10.1 Å². The van der Waals surface area contributed by atoms with Crippen molar-refractivity contribution in [3.8, 4) is 5.75 Å². The Morgan fingerprint density at radius 1 is 1.03 bits per heavy atom. The van der Waals surface area contributed by atoms with E-state index in [2.05, 4.69) is 16.8 Å². The SMILES string of the molecule is C=C1C=Cc2cc(OCCCCC(=O)N(C3CCCCCCC3)[C@@H]3CCCC[C@H]3O)ccc2N1.[HH]. The number of carbonyl (C=O) groups excluding carboxylic acids is 1. The van der Waals surface area contributed by atoms with Crippen molar-refractivity contribution in [2.45, 2.75) is 108 Å². The zero-order valence-electron chi connectivity index (χ0n) is 20.6. The summed E-state index contributed by atoms with van der Waals surface area (Å²) in [6, 6.07) is 6.34. The fourth-order valence-electron chi connectivity index (χ4n) is 5.77. The van der Waals surface area contributed by atoms with Gasteiger partial charge in [-0.2, -0.15) is 0 Å². The molecule has 0 aromatic heterocycles. The largest absolute Gasteiger partial charge is 0.494 e. The Kier molecular flexibility index (Phi) is 9.09. The molecule has 2 N–H and O–H groups in total. The monoisotopic (exact) mass is 468 g/mol. The van der Waals surface area contributed by atoms with Crippen LogP contribution in [0.25, 0.3) is 6.08 Å². The minimum atomic E-state index is -0.365. The van der Waals surface area contributed by atoms with Crippen molar-refractivity contribution in [2.75, 3.05) is 11.9 Å². The number of amides is 1. The van der Waals surface area contributed by atoms with Gasteiger partial charge in [-0.05, 0) is 62.8 Å². The Balaban J connectivity index is 0.00000342. The Morgan fingerprint density at radius 3 is 2.56 bits per heavy atom. The lowest BCUT2D eigenvalue weighted by molar-refractivity contribution is -0.141. The number of hydrogen-bond donors (Lipinski definition) is 2. The van der Waals surface area contributed by atoms with Gasteiger partial charge in [0.05, 0.1) is 18.8 Å². The van der Waals surface area contributed by atoms with Gasteiger partial charge in [0, 0.05) is 30.8 Å². The van der Waals surface area contributed by atoms with Gasteiger partial charge in [-0.1, -0.05) is 57.6 Å². The standard InChI is InChI=1S/C29H42N2O3.H2/c1-22-16-17-23-21-25(18-19-26(23)30-22)34-20-10-9-15-29(33)31(27-13-7-8-14-28(27)32)24-11-5-3-2-4-6-12-24;/h16-19,21,24,27-28,30,32H,1-15,20H2;1H/t27-,28-;/m1./s1. The number of aliphatic hydroxyl groups excluding tert-OH is 1. The molecular formula is C29H44N2O3. The number of nitrogens with zero attached hydrogens (tertiary/aromatic N) is 1. The van der Waals surface area contributed by atoms with Crippen molar-refractivity contribution in [1.29, 1.82) is 0 Å². The molecule has 2 aliphatic carbocycles. The molecule has 4 rings (SSSR count). The Bertz CT molecular complexity index is 863. The van der Waals surface area contributed by atoms with Crippen LogP contribution in [0.15, 0.2) is 36.6 Å². The molecule has 2 fully saturated rings. The maximum Gasteiger partial charge on any atom is 0.223 e. The Morgan fingerprint density at radius 2 is 1.76 bits per heavy atom. The highest BCUT2D eigenvalue weighted by molar-refractivity contribution is 5.77. The first-order valence-electron chi connectivity index (χ1n) is 13.5. The van der Waals surface area contributed by atoms with Gasteiger partial charge in [0.1, 0.15) is 5.75 Å². The summed E-state index contributed by atoms with van der Waals surface area (Å²) in [7, 11) is 0. The van der Waals surface area contributed by atoms with Gasteiger partial charge < -0.3 is 20.1 Å². The lowest BCUT2D eigenvalue weighted by Crippen LogP contribution is -2.53. The number of unbranched alkanes of at least 4 members (excludes halogenated alkanes) is 1. The van der Waals surface area contributed by atoms with E-state index in [0.29, 0.717) is 19.1 Å². The van der Waals surface area contributed by atoms with Crippen molar-refractivity contribution in [2.24, 2.45) is 0 Å². The normalized spacial score (nSPS) is 23.4. The van der Waals surface area contributed by atoms with Gasteiger partial charge in [-0.25, -0.2) is 0 Å². The van der Waals surface area contributed by atoms with Crippen molar-refractivity contribution in [3.05, 3.63) is 42.1 Å². The summed E-state index contributed by atoms with van der Waals surface area (Å²) in [6.07, 6.45) is 18.3. The molecule has 0 radical (unpaired) electrons. The third kappa shape index (κ3) is 6.65. The number of aliphatic hydroxyl groups is 1. The van der Waals surface area contributed by atoms with Crippen LogP contribution in [0.3, 0.4) is 0 Å². The van der Waals surface area contributed by atoms with E-state index in [0.717, 1.165) is 74.1 Å². The van der Waals surface area contributed by atoms with Crippen LogP contribution in [-0.4, -0.2) is 40.7 Å². The molecule has 0 saturated heterocycles. The topological polar surface area (TPSA) is 61.8 Å². The highest BCUT2D eigenvalue weighted by atomic mass is 16.5. The zero-order valence-corrected chi connectivity index (χ0v) is 20.6. The second-order valence-corrected chi connectivity index (χ2v) is 10.3. The van der Waals surface area contributed by atoms with Crippen LogP contribution >= 0.6 is 0 Å². The summed E-state index contributed by atoms with van der Waals surface area (Å²) in [4.78, 5) is 15.6. The van der Waals surface area contributed by atoms with Gasteiger partial charge in [0.2, 0.25) is 5.91 Å². The zero-order chi connectivity index (χ0) is 23.8. The molecule has 0 bridgehead atoms. The lowest BCUT2D eigenvalue weighted by atomic mass is 9.87. The van der Waals surface area contributed by atoms with Gasteiger partial charge in [0.25, 0.3) is 0 Å². The van der Waals surface area contributed by atoms with E-state index in [1.54, 1.807) is 0 Å². The van der Waals surface area contributed by atoms with Crippen LogP contribution in [0.5, 0.6) is 5.75 Å². The van der Waals surface area contributed by atoms with Gasteiger partial charge >= 0.3 is 0 Å². The van der Waals surface area contributed by atoms with Crippen LogP contribution in [0.2, 0.25) is 0 Å². The summed E-state index contributed by atoms with van der Waals surface area (Å²) < 4.78 is 5.97. The maximum absolute atomic E-state index is 13.5. The van der Waals surface area contributed by atoms with Crippen LogP contribution in [0.4, 0.5) is 5.69 Å². The number of hydrogen-bond acceptors (Lipinski definition) is 4. The third-order valence-corrected chi connectivity index (χ3v) is 7.64. The molecule has 1 aromatic carbocycles. The van der Waals surface area contributed by atoms with Gasteiger partial charge in [-0.15, -0.1) is 0 Å². The summed E-state index contributed by atoms with van der Waals surface area (Å²) in [5, 5.41) is 14.0. The van der Waals surface area contributed by atoms with Gasteiger partial charge in [-0.3, -0.25) is 4.79 Å². The highest BCUT2D eigenvalue weighted by Gasteiger charge is 2.35. The van der Waals surface area contributed by atoms with Crippen LogP contribution in [0.1, 0.15) is 96.9 Å². The number of benzene rings is 1. The number of rotatable bonds is 8. The van der Waals surface area contributed by atoms with E-state index < -0.39 is 0 Å². The molecule has 0 spiro atoms. The molecule has 5 nitrogen and oxygen atoms in total. The first-order valence-corrected chi connectivity index (χ1v) is 13.5. The second-order valence-electron chi connectivity index (χ2n) is 10.3. The highest BCUT2D eigenvalue weighted by Crippen LogP contribution is 2.31. The lowest BCUT2D eigenvalue weighted by Gasteiger charge is -2.43. The second kappa shape index (κ2) is 12.4. The molecule has 188 valence electrons. The predicted octanol–water partition coefficient (Wildman–Crippen LogP) is 6.68. The Hall–Kier alpha value is -2.27. The van der Waals surface area contributed by atoms with Gasteiger partial charge in [0.15, 0.2) is 0 Å². The van der Waals surface area contributed by atoms with Crippen LogP contribution in [0, 0.1) is 0 Å². The molecular weight excluding hydrogens is 424 g/mol. The van der Waals surface area contributed by atoms with Crippen molar-refractivity contribution in [3.63, 3.8) is 0 Å². The molecule has 1 heterocycles. The Labute approximate surface area is 206 Å². The molecule has 0 unspecified atom stereocenters. The molecule has 1 amide bonds. The molecule has 3 aliphatic rings. The van der Waals surface area contributed by atoms with Crippen molar-refractivity contribution in [1.82, 2.24) is 4.90 Å². The van der Waals surface area contributed by atoms with E-state index in [1.807, 2.05) is 30.4 Å². The van der Waals surface area contributed by atoms with Crippen LogP contribution in [-0.2, 0) is 4.79 Å². The molecule has 5 heteroatoms. The quantitative estimate of drug-likeness (QED) is 0.418. The number of anilines is 1. The first-order chi connectivity index (χ1) is 16.6. The maximum atomic E-state index is 13.5. The fraction of sp³-hybridized carbons (Fsp3) is 0.621. The number of fused-ring (bicyclic) bond motifs is 1. The smallest absolute Gasteiger partial charge is 0.223 e. The molecule has 1 aliphatic heterocycles. The number of allylic oxidation sites excluding steroid dienone is 1. The van der Waals surface area contributed by atoms with E-state index in [-0.39, 0.29) is 19.5 Å². The molecule has 34 heavy (non-hydrogen) atoms. The minimum absolute atomic E-state index is 0. The summed E-state index contributed by atoms with van der Waals surface area (Å²) >= 11 is 0. The summed E-state index contributed by atoms with van der Waals surface area (Å²) in [6.45, 7) is 4.53. The average molecular weight is 469 g/mol. The fourth-order valence-corrected chi connectivity index (χ4v) is 5.77. The van der Waals surface area contributed by atoms with Crippen molar-refractivity contribution < 1.29 is 16.1 Å². The number of ether oxygens (including phenoxy) is 1. The summed E-state index contributed by atoms with van der Waals surface area (Å²) in [5.41, 5.74) is 3.03. The van der Waals surface area contributed by atoms with E-state index in [1.165, 1.54) is 32.1 Å². The minimum Gasteiger partial charge on any atom is -0.494 e. The third-order valence-electron chi connectivity index (χ3n) is 7.64. The van der Waals surface area contributed by atoms with E-state index >= 15 is 0 Å². The van der Waals surface area contributed by atoms with Crippen molar-refractivity contribution >= 4 is 17.7 Å². The number of nitrogens with one attached hydrogen (secondary N) is 1. The molecule has 2 saturated carbocycles. The average Bonchev–Trinajstić information content (AvgIpc) is 2.81.